The molecule has 2 rings (SSSR count). The molecule has 2 saturated heterocycles. The van der Waals surface area contributed by atoms with E-state index in [0.717, 1.165) is 26.1 Å². The number of aliphatic hydroxyl groups excluding tert-OH is 1. The number of hydrogen-bond acceptors (Lipinski definition) is 4. The summed E-state index contributed by atoms with van der Waals surface area (Å²) in [6, 6.07) is 0. The van der Waals surface area contributed by atoms with Crippen LogP contribution in [0.25, 0.3) is 0 Å². The maximum Gasteiger partial charge on any atom is 0.248 e. The predicted octanol–water partition coefficient (Wildman–Crippen LogP) is -0.794. The van der Waals surface area contributed by atoms with E-state index in [-0.39, 0.29) is 30.6 Å². The Kier molecular flexibility index (Phi) is 3.47. The van der Waals surface area contributed by atoms with E-state index in [0.29, 0.717) is 6.54 Å². The molecule has 0 aromatic carbocycles. The number of nitrogens with one attached hydrogen (secondary N) is 1. The minimum atomic E-state index is -0.161. The van der Waals surface area contributed by atoms with Crippen LogP contribution in [0.15, 0.2) is 0 Å². The Balaban J connectivity index is 1.72. The third-order valence-electron chi connectivity index (χ3n) is 3.44. The number of likely N-dealkylation sites (tertiary alicyclic amines) is 1. The van der Waals surface area contributed by atoms with Crippen molar-refractivity contribution in [2.45, 2.75) is 18.9 Å². The molecule has 92 valence electrons. The first-order valence-corrected chi connectivity index (χ1v) is 5.86. The predicted molar refractivity (Wildman–Crippen MR) is 59.0 cm³/mol. The van der Waals surface area contributed by atoms with Crippen LogP contribution in [0, 0.1) is 5.92 Å². The van der Waals surface area contributed by atoms with E-state index in [2.05, 4.69) is 5.32 Å². The van der Waals surface area contributed by atoms with Crippen LogP contribution in [0.2, 0.25) is 0 Å². The molecule has 1 atom stereocenters. The molecule has 0 aromatic heterocycles. The van der Waals surface area contributed by atoms with E-state index in [9.17, 15) is 4.79 Å². The molecule has 5 nitrogen and oxygen atoms in total. The van der Waals surface area contributed by atoms with E-state index >= 15 is 0 Å². The van der Waals surface area contributed by atoms with Crippen LogP contribution in [0.3, 0.4) is 0 Å². The average Bonchev–Trinajstić information content (AvgIpc) is 2.71. The molecule has 5 heteroatoms. The second-order valence-corrected chi connectivity index (χ2v) is 5.02. The first-order chi connectivity index (χ1) is 7.63. The highest BCUT2D eigenvalue weighted by molar-refractivity contribution is 5.77. The summed E-state index contributed by atoms with van der Waals surface area (Å²) >= 11 is 0. The number of rotatable bonds is 4. The lowest BCUT2D eigenvalue weighted by Crippen LogP contribution is -2.59. The van der Waals surface area contributed by atoms with Crippen molar-refractivity contribution in [2.75, 3.05) is 39.4 Å². The average molecular weight is 228 g/mol. The Labute approximate surface area is 95.8 Å². The lowest BCUT2D eigenvalue weighted by Gasteiger charge is -2.39. The quantitative estimate of drug-likeness (QED) is 0.662. The van der Waals surface area contributed by atoms with Gasteiger partial charge in [-0.05, 0) is 13.3 Å². The molecule has 1 unspecified atom stereocenters. The van der Waals surface area contributed by atoms with Crippen LogP contribution >= 0.6 is 0 Å². The molecule has 0 aromatic rings. The molecule has 16 heavy (non-hydrogen) atoms. The van der Waals surface area contributed by atoms with Gasteiger partial charge in [-0.15, -0.1) is 0 Å². The van der Waals surface area contributed by atoms with E-state index in [1.165, 1.54) is 0 Å². The fourth-order valence-electron chi connectivity index (χ4n) is 2.11. The van der Waals surface area contributed by atoms with Gasteiger partial charge in [0.25, 0.3) is 0 Å². The van der Waals surface area contributed by atoms with Crippen LogP contribution in [0.1, 0.15) is 13.3 Å². The molecule has 0 saturated carbocycles. The van der Waals surface area contributed by atoms with E-state index in [1.807, 2.05) is 6.92 Å². The van der Waals surface area contributed by atoms with Gasteiger partial charge in [0.2, 0.25) is 5.91 Å². The number of carbonyl (C=O) groups excluding carboxylic acids is 1. The highest BCUT2D eigenvalue weighted by atomic mass is 16.5. The van der Waals surface area contributed by atoms with Crippen molar-refractivity contribution in [3.63, 3.8) is 0 Å². The van der Waals surface area contributed by atoms with E-state index in [1.54, 1.807) is 4.90 Å². The molecule has 0 bridgehead atoms. The van der Waals surface area contributed by atoms with Crippen molar-refractivity contribution in [3.05, 3.63) is 0 Å². The number of carbonyl (C=O) groups is 1. The van der Waals surface area contributed by atoms with Gasteiger partial charge in [-0.1, -0.05) is 0 Å². The maximum absolute atomic E-state index is 11.8. The number of aliphatic hydroxyl groups is 1. The van der Waals surface area contributed by atoms with Crippen LogP contribution in [-0.4, -0.2) is 60.9 Å². The molecular weight excluding hydrogens is 208 g/mol. The molecule has 0 spiro atoms. The van der Waals surface area contributed by atoms with Gasteiger partial charge >= 0.3 is 0 Å². The Hall–Kier alpha value is -0.650. The molecule has 0 radical (unpaired) electrons. The minimum absolute atomic E-state index is 0.0454. The third kappa shape index (κ3) is 2.53. The maximum atomic E-state index is 11.8. The number of hydrogen-bond donors (Lipinski definition) is 2. The molecular formula is C11H20N2O3. The highest BCUT2D eigenvalue weighted by Gasteiger charge is 2.34. The first-order valence-electron chi connectivity index (χ1n) is 5.86. The third-order valence-corrected chi connectivity index (χ3v) is 3.44. The monoisotopic (exact) mass is 228 g/mol. The van der Waals surface area contributed by atoms with E-state index < -0.39 is 0 Å². The summed E-state index contributed by atoms with van der Waals surface area (Å²) in [5.74, 6) is 0.300. The summed E-state index contributed by atoms with van der Waals surface area (Å²) in [5.41, 5.74) is -0.161. The smallest absolute Gasteiger partial charge is 0.248 e. The van der Waals surface area contributed by atoms with Crippen LogP contribution in [0.5, 0.6) is 0 Å². The van der Waals surface area contributed by atoms with Gasteiger partial charge in [0.1, 0.15) is 6.61 Å². The summed E-state index contributed by atoms with van der Waals surface area (Å²) in [6.07, 6.45) is 0.904. The van der Waals surface area contributed by atoms with Crippen molar-refractivity contribution in [1.29, 1.82) is 0 Å². The standard InChI is InChI=1S/C11H20N2O3/c1-11(7-12-8-11)16-6-10(15)13-3-2-9(4-13)5-14/h9,12,14H,2-8H2,1H3. The zero-order valence-electron chi connectivity index (χ0n) is 9.74. The molecule has 2 aliphatic rings. The lowest BCUT2D eigenvalue weighted by atomic mass is 10.0. The Morgan fingerprint density at radius 3 is 2.88 bits per heavy atom. The van der Waals surface area contributed by atoms with Crippen molar-refractivity contribution < 1.29 is 14.6 Å². The number of amides is 1. The molecule has 0 aliphatic carbocycles. The Bertz CT molecular complexity index is 266. The summed E-state index contributed by atoms with van der Waals surface area (Å²) in [7, 11) is 0. The lowest BCUT2D eigenvalue weighted by molar-refractivity contribution is -0.145. The zero-order valence-corrected chi connectivity index (χ0v) is 9.74. The molecule has 1 amide bonds. The van der Waals surface area contributed by atoms with Crippen LogP contribution in [-0.2, 0) is 9.53 Å². The molecule has 2 N–H and O–H groups in total. The van der Waals surface area contributed by atoms with Gasteiger partial charge in [0.05, 0.1) is 5.60 Å². The van der Waals surface area contributed by atoms with E-state index in [4.69, 9.17) is 9.84 Å². The number of ether oxygens (including phenoxy) is 1. The summed E-state index contributed by atoms with van der Waals surface area (Å²) in [5, 5.41) is 12.1. The summed E-state index contributed by atoms with van der Waals surface area (Å²) in [6.45, 7) is 5.41. The van der Waals surface area contributed by atoms with Gasteiger partial charge in [-0.2, -0.15) is 0 Å². The van der Waals surface area contributed by atoms with Crippen LogP contribution < -0.4 is 5.32 Å². The normalized spacial score (nSPS) is 27.9. The topological polar surface area (TPSA) is 61.8 Å². The summed E-state index contributed by atoms with van der Waals surface area (Å²) in [4.78, 5) is 13.6. The molecule has 2 aliphatic heterocycles. The minimum Gasteiger partial charge on any atom is -0.396 e. The second-order valence-electron chi connectivity index (χ2n) is 5.02. The largest absolute Gasteiger partial charge is 0.396 e. The van der Waals surface area contributed by atoms with Gasteiger partial charge in [-0.3, -0.25) is 4.79 Å². The first kappa shape index (κ1) is 11.8. The van der Waals surface area contributed by atoms with Gasteiger partial charge in [0, 0.05) is 38.7 Å². The SMILES string of the molecule is CC1(OCC(=O)N2CCC(CO)C2)CNC1. The fraction of sp³-hybridized carbons (Fsp3) is 0.909. The van der Waals surface area contributed by atoms with Crippen molar-refractivity contribution >= 4 is 5.91 Å². The molecule has 2 heterocycles. The Morgan fingerprint density at radius 1 is 1.62 bits per heavy atom. The zero-order chi connectivity index (χ0) is 11.6. The highest BCUT2D eigenvalue weighted by Crippen LogP contribution is 2.18. The second kappa shape index (κ2) is 4.69. The fourth-order valence-corrected chi connectivity index (χ4v) is 2.11. The number of nitrogens with zero attached hydrogens (tertiary/aromatic N) is 1. The van der Waals surface area contributed by atoms with Crippen LogP contribution in [0.4, 0.5) is 0 Å². The summed E-state index contributed by atoms with van der Waals surface area (Å²) < 4.78 is 5.59. The van der Waals surface area contributed by atoms with Gasteiger partial charge in [0.15, 0.2) is 0 Å². The Morgan fingerprint density at radius 2 is 2.38 bits per heavy atom. The van der Waals surface area contributed by atoms with Gasteiger partial charge in [-0.25, -0.2) is 0 Å². The van der Waals surface area contributed by atoms with Gasteiger partial charge < -0.3 is 20.1 Å². The molecule has 2 fully saturated rings. The van der Waals surface area contributed by atoms with Crippen molar-refractivity contribution in [1.82, 2.24) is 10.2 Å². The van der Waals surface area contributed by atoms with Crippen molar-refractivity contribution in [2.24, 2.45) is 5.92 Å². The van der Waals surface area contributed by atoms with Crippen molar-refractivity contribution in [3.8, 4) is 0 Å².